The molecule has 0 atom stereocenters. The molecule has 0 saturated heterocycles. The lowest BCUT2D eigenvalue weighted by atomic mass is 10.2. The third kappa shape index (κ3) is 4.55. The van der Waals surface area contributed by atoms with Crippen LogP contribution in [0.5, 0.6) is 0 Å². The molecule has 7 nitrogen and oxygen atoms in total. The van der Waals surface area contributed by atoms with Crippen LogP contribution < -0.4 is 5.32 Å². The lowest BCUT2D eigenvalue weighted by Crippen LogP contribution is -2.29. The van der Waals surface area contributed by atoms with E-state index in [2.05, 4.69) is 15.5 Å². The molecule has 0 spiro atoms. The molecule has 0 fully saturated rings. The van der Waals surface area contributed by atoms with Gasteiger partial charge in [-0.1, -0.05) is 18.9 Å². The molecule has 0 unspecified atom stereocenters. The number of aliphatic carboxylic acids is 1. The number of aromatic nitrogens is 2. The summed E-state index contributed by atoms with van der Waals surface area (Å²) in [6.07, 6.45) is 0. The number of rotatable bonds is 6. The van der Waals surface area contributed by atoms with Crippen molar-refractivity contribution >= 4 is 29.7 Å². The zero-order valence-electron chi connectivity index (χ0n) is 11.3. The molecule has 0 aromatic carbocycles. The second-order valence-electron chi connectivity index (χ2n) is 4.75. The highest BCUT2D eigenvalue weighted by atomic mass is 32.2. The van der Waals surface area contributed by atoms with E-state index in [1.165, 1.54) is 13.8 Å². The van der Waals surface area contributed by atoms with Crippen LogP contribution in [0.2, 0.25) is 0 Å². The van der Waals surface area contributed by atoms with Crippen molar-refractivity contribution in [2.45, 2.75) is 38.4 Å². The zero-order valence-corrected chi connectivity index (χ0v) is 12.1. The third-order valence-corrected chi connectivity index (χ3v) is 3.56. The first kappa shape index (κ1) is 15.5. The van der Waals surface area contributed by atoms with Gasteiger partial charge < -0.3 is 9.52 Å². The summed E-state index contributed by atoms with van der Waals surface area (Å²) in [5.41, 5.74) is 0. The number of nitrogens with one attached hydrogen (secondary N) is 1. The van der Waals surface area contributed by atoms with Crippen molar-refractivity contribution in [2.75, 3.05) is 11.1 Å². The average molecular weight is 287 g/mol. The topological polar surface area (TPSA) is 105 Å². The Bertz CT molecular complexity index is 470. The number of amides is 1. The summed E-state index contributed by atoms with van der Waals surface area (Å²) in [5, 5.41) is 18.8. The van der Waals surface area contributed by atoms with Crippen molar-refractivity contribution in [2.24, 2.45) is 0 Å². The lowest BCUT2D eigenvalue weighted by molar-refractivity contribution is -0.138. The first-order valence-electron chi connectivity index (χ1n) is 5.73. The molecule has 1 rings (SSSR count). The van der Waals surface area contributed by atoms with E-state index in [1.54, 1.807) is 0 Å². The fourth-order valence-electron chi connectivity index (χ4n) is 0.981. The van der Waals surface area contributed by atoms with Gasteiger partial charge in [-0.05, 0) is 13.8 Å². The highest BCUT2D eigenvalue weighted by Crippen LogP contribution is 2.24. The molecule has 19 heavy (non-hydrogen) atoms. The summed E-state index contributed by atoms with van der Waals surface area (Å²) >= 11 is 1.03. The van der Waals surface area contributed by atoms with Crippen LogP contribution in [0.4, 0.5) is 6.01 Å². The second-order valence-corrected chi connectivity index (χ2v) is 6.35. The van der Waals surface area contributed by atoms with E-state index in [1.807, 2.05) is 13.8 Å². The predicted molar refractivity (Wildman–Crippen MR) is 71.2 cm³/mol. The van der Waals surface area contributed by atoms with Gasteiger partial charge in [0.15, 0.2) is 0 Å². The van der Waals surface area contributed by atoms with E-state index >= 15 is 0 Å². The molecule has 0 bridgehead atoms. The molecule has 106 valence electrons. The Hall–Kier alpha value is -1.57. The number of thioether (sulfide) groups is 1. The summed E-state index contributed by atoms with van der Waals surface area (Å²) in [6.45, 7) is 6.86. The van der Waals surface area contributed by atoms with Crippen molar-refractivity contribution in [1.82, 2.24) is 10.2 Å². The molecule has 2 N–H and O–H groups in total. The minimum absolute atomic E-state index is 0.00130. The predicted octanol–water partition coefficient (Wildman–Crippen LogP) is 1.73. The Labute approximate surface area is 115 Å². The van der Waals surface area contributed by atoms with Crippen LogP contribution in [0.3, 0.4) is 0 Å². The quantitative estimate of drug-likeness (QED) is 0.820. The maximum atomic E-state index is 11.6. The molecule has 0 aliphatic heterocycles. The minimum atomic E-state index is -1.02. The van der Waals surface area contributed by atoms with Gasteiger partial charge in [0.05, 0.1) is 5.75 Å². The van der Waals surface area contributed by atoms with Gasteiger partial charge in [0, 0.05) is 5.92 Å². The number of carbonyl (C=O) groups is 2. The fourth-order valence-corrected chi connectivity index (χ4v) is 1.67. The largest absolute Gasteiger partial charge is 0.480 e. The Morgan fingerprint density at radius 2 is 2.05 bits per heavy atom. The van der Waals surface area contributed by atoms with E-state index in [9.17, 15) is 9.59 Å². The van der Waals surface area contributed by atoms with Gasteiger partial charge >= 0.3 is 12.0 Å². The van der Waals surface area contributed by atoms with Crippen molar-refractivity contribution in [3.8, 4) is 0 Å². The number of hydrogen-bond acceptors (Lipinski definition) is 6. The number of nitrogens with zero attached hydrogens (tertiary/aromatic N) is 2. The Morgan fingerprint density at radius 3 is 2.53 bits per heavy atom. The standard InChI is InChI=1S/C11H17N3O4S/c1-6(2)8-13-14-10(18-8)12-7(15)5-19-11(3,4)9(16)17/h6H,5H2,1-4H3,(H,16,17)(H,12,14,15). The van der Waals surface area contributed by atoms with Crippen LogP contribution in [0.25, 0.3) is 0 Å². The molecular formula is C11H17N3O4S. The number of carboxylic acid groups (broad SMARTS) is 1. The molecule has 0 aliphatic rings. The lowest BCUT2D eigenvalue weighted by Gasteiger charge is -2.17. The summed E-state index contributed by atoms with van der Waals surface area (Å²) in [5.74, 6) is -0.825. The molecule has 1 aromatic rings. The molecule has 1 amide bonds. The van der Waals surface area contributed by atoms with Gasteiger partial charge in [-0.25, -0.2) is 0 Å². The molecule has 0 saturated carbocycles. The van der Waals surface area contributed by atoms with Crippen molar-refractivity contribution in [3.63, 3.8) is 0 Å². The van der Waals surface area contributed by atoms with E-state index in [0.717, 1.165) is 11.8 Å². The molecule has 0 radical (unpaired) electrons. The highest BCUT2D eigenvalue weighted by Gasteiger charge is 2.28. The normalized spacial score (nSPS) is 11.6. The van der Waals surface area contributed by atoms with Gasteiger partial charge in [-0.15, -0.1) is 16.9 Å². The third-order valence-electron chi connectivity index (χ3n) is 2.26. The molecule has 8 heteroatoms. The monoisotopic (exact) mass is 287 g/mol. The summed E-state index contributed by atoms with van der Waals surface area (Å²) in [4.78, 5) is 22.5. The fraction of sp³-hybridized carbons (Fsp3) is 0.636. The Balaban J connectivity index is 2.49. The average Bonchev–Trinajstić information content (AvgIpc) is 2.75. The van der Waals surface area contributed by atoms with Crippen LogP contribution in [0.1, 0.15) is 39.5 Å². The maximum absolute atomic E-state index is 11.6. The van der Waals surface area contributed by atoms with Crippen LogP contribution in [0.15, 0.2) is 4.42 Å². The number of anilines is 1. The maximum Gasteiger partial charge on any atom is 0.322 e. The second kappa shape index (κ2) is 6.05. The number of carbonyl (C=O) groups excluding carboxylic acids is 1. The smallest absolute Gasteiger partial charge is 0.322 e. The van der Waals surface area contributed by atoms with Gasteiger partial charge in [0.2, 0.25) is 11.8 Å². The highest BCUT2D eigenvalue weighted by molar-refractivity contribution is 8.02. The Kier molecular flexibility index (Phi) is 4.93. The van der Waals surface area contributed by atoms with E-state index in [4.69, 9.17) is 9.52 Å². The molecule has 0 aliphatic carbocycles. The van der Waals surface area contributed by atoms with E-state index in [0.29, 0.717) is 5.89 Å². The summed E-state index contributed by atoms with van der Waals surface area (Å²) < 4.78 is 4.20. The van der Waals surface area contributed by atoms with Crippen molar-refractivity contribution in [3.05, 3.63) is 5.89 Å². The summed E-state index contributed by atoms with van der Waals surface area (Å²) in [7, 11) is 0. The molecule has 1 aromatic heterocycles. The van der Waals surface area contributed by atoms with Gasteiger partial charge in [-0.3, -0.25) is 14.9 Å². The molecular weight excluding hydrogens is 270 g/mol. The first-order chi connectivity index (χ1) is 8.72. The summed E-state index contributed by atoms with van der Waals surface area (Å²) in [6, 6.07) is 0.0300. The SMILES string of the molecule is CC(C)c1nnc(NC(=O)CSC(C)(C)C(=O)O)o1. The van der Waals surface area contributed by atoms with Crippen LogP contribution in [-0.4, -0.2) is 37.7 Å². The van der Waals surface area contributed by atoms with E-state index in [-0.39, 0.29) is 23.6 Å². The van der Waals surface area contributed by atoms with Gasteiger partial charge in [0.1, 0.15) is 4.75 Å². The first-order valence-corrected chi connectivity index (χ1v) is 6.71. The van der Waals surface area contributed by atoms with Crippen molar-refractivity contribution in [1.29, 1.82) is 0 Å². The van der Waals surface area contributed by atoms with Crippen molar-refractivity contribution < 1.29 is 19.1 Å². The van der Waals surface area contributed by atoms with Gasteiger partial charge in [-0.2, -0.15) is 0 Å². The van der Waals surface area contributed by atoms with Gasteiger partial charge in [0.25, 0.3) is 0 Å². The van der Waals surface area contributed by atoms with Crippen LogP contribution >= 0.6 is 11.8 Å². The van der Waals surface area contributed by atoms with Crippen LogP contribution in [0, 0.1) is 0 Å². The number of hydrogen-bond donors (Lipinski definition) is 2. The van der Waals surface area contributed by atoms with E-state index < -0.39 is 10.7 Å². The minimum Gasteiger partial charge on any atom is -0.480 e. The number of carboxylic acids is 1. The molecule has 1 heterocycles. The zero-order chi connectivity index (χ0) is 14.6. The Morgan fingerprint density at radius 1 is 1.42 bits per heavy atom. The van der Waals surface area contributed by atoms with Crippen LogP contribution in [-0.2, 0) is 9.59 Å².